The second-order valence-corrected chi connectivity index (χ2v) is 5.59. The van der Waals surface area contributed by atoms with E-state index in [0.717, 1.165) is 27.2 Å². The first-order chi connectivity index (χ1) is 11.8. The van der Waals surface area contributed by atoms with Crippen LogP contribution in [0.15, 0.2) is 79.0 Å². The number of esters is 1. The Labute approximate surface area is 139 Å². The van der Waals surface area contributed by atoms with Crippen LogP contribution in [0.2, 0.25) is 0 Å². The fourth-order valence-electron chi connectivity index (χ4n) is 2.93. The lowest BCUT2D eigenvalue weighted by atomic mass is 9.97. The Morgan fingerprint density at radius 2 is 1.46 bits per heavy atom. The van der Waals surface area contributed by atoms with Crippen LogP contribution in [0.3, 0.4) is 0 Å². The summed E-state index contributed by atoms with van der Waals surface area (Å²) < 4.78 is 5.53. The van der Waals surface area contributed by atoms with Crippen molar-refractivity contribution < 1.29 is 9.53 Å². The number of carbonyl (C=O) groups excluding carboxylic acids is 1. The molecule has 4 rings (SSSR count). The molecule has 0 spiro atoms. The second kappa shape index (κ2) is 6.13. The lowest BCUT2D eigenvalue weighted by Crippen LogP contribution is -2.07. The molecule has 24 heavy (non-hydrogen) atoms. The maximum absolute atomic E-state index is 12.8. The van der Waals surface area contributed by atoms with E-state index in [4.69, 9.17) is 4.74 Å². The zero-order chi connectivity index (χ0) is 16.4. The standard InChI is InChI=1S/C21H15NO2/c23-21(24-14-17-9-5-6-12-22-17)20-18-10-3-1-7-15(18)13-16-8-2-4-11-19(16)20/h1-13H,14H2. The van der Waals surface area contributed by atoms with Gasteiger partial charge in [-0.2, -0.15) is 0 Å². The van der Waals surface area contributed by atoms with Crippen LogP contribution in [-0.2, 0) is 11.3 Å². The molecule has 0 aliphatic carbocycles. The molecule has 3 aromatic carbocycles. The first kappa shape index (κ1) is 14.4. The minimum absolute atomic E-state index is 0.164. The maximum Gasteiger partial charge on any atom is 0.339 e. The topological polar surface area (TPSA) is 39.2 Å². The van der Waals surface area contributed by atoms with Crippen LogP contribution in [0.1, 0.15) is 16.1 Å². The number of rotatable bonds is 3. The number of benzene rings is 3. The molecule has 3 nitrogen and oxygen atoms in total. The summed E-state index contributed by atoms with van der Waals surface area (Å²) in [7, 11) is 0. The van der Waals surface area contributed by atoms with E-state index in [0.29, 0.717) is 5.56 Å². The van der Waals surface area contributed by atoms with Crippen molar-refractivity contribution in [2.45, 2.75) is 6.61 Å². The molecule has 0 saturated carbocycles. The van der Waals surface area contributed by atoms with Gasteiger partial charge in [0.25, 0.3) is 0 Å². The van der Waals surface area contributed by atoms with Crippen LogP contribution in [0.25, 0.3) is 21.5 Å². The van der Waals surface area contributed by atoms with Gasteiger partial charge < -0.3 is 4.74 Å². The summed E-state index contributed by atoms with van der Waals surface area (Å²) in [6.07, 6.45) is 1.69. The Morgan fingerprint density at radius 1 is 0.833 bits per heavy atom. The molecule has 0 unspecified atom stereocenters. The van der Waals surface area contributed by atoms with Crippen LogP contribution < -0.4 is 0 Å². The third kappa shape index (κ3) is 2.61. The number of aromatic nitrogens is 1. The van der Waals surface area contributed by atoms with Crippen LogP contribution in [0.4, 0.5) is 0 Å². The van der Waals surface area contributed by atoms with Gasteiger partial charge in [-0.25, -0.2) is 4.79 Å². The van der Waals surface area contributed by atoms with Crippen LogP contribution >= 0.6 is 0 Å². The molecule has 0 saturated heterocycles. The van der Waals surface area contributed by atoms with Crippen molar-refractivity contribution >= 4 is 27.5 Å². The average Bonchev–Trinajstić information content (AvgIpc) is 2.65. The molecule has 0 aliphatic rings. The highest BCUT2D eigenvalue weighted by atomic mass is 16.5. The number of hydrogen-bond acceptors (Lipinski definition) is 3. The minimum Gasteiger partial charge on any atom is -0.456 e. The van der Waals surface area contributed by atoms with E-state index in [1.807, 2.05) is 66.7 Å². The molecule has 0 fully saturated rings. The van der Waals surface area contributed by atoms with Crippen LogP contribution in [0.5, 0.6) is 0 Å². The summed E-state index contributed by atoms with van der Waals surface area (Å²) in [5.41, 5.74) is 1.34. The second-order valence-electron chi connectivity index (χ2n) is 5.59. The molecule has 0 amide bonds. The van der Waals surface area contributed by atoms with Crippen molar-refractivity contribution in [2.75, 3.05) is 0 Å². The van der Waals surface area contributed by atoms with Gasteiger partial charge in [-0.15, -0.1) is 0 Å². The first-order valence-corrected chi connectivity index (χ1v) is 7.80. The summed E-state index contributed by atoms with van der Waals surface area (Å²) >= 11 is 0. The fourth-order valence-corrected chi connectivity index (χ4v) is 2.93. The van der Waals surface area contributed by atoms with Gasteiger partial charge in [0.05, 0.1) is 11.3 Å². The highest BCUT2D eigenvalue weighted by Crippen LogP contribution is 2.29. The van der Waals surface area contributed by atoms with Crippen molar-refractivity contribution in [2.24, 2.45) is 0 Å². The smallest absolute Gasteiger partial charge is 0.339 e. The number of carbonyl (C=O) groups is 1. The molecular formula is C21H15NO2. The van der Waals surface area contributed by atoms with E-state index in [1.54, 1.807) is 6.20 Å². The third-order valence-corrected chi connectivity index (χ3v) is 4.05. The van der Waals surface area contributed by atoms with Gasteiger partial charge in [0.15, 0.2) is 0 Å². The third-order valence-electron chi connectivity index (χ3n) is 4.05. The van der Waals surface area contributed by atoms with Gasteiger partial charge in [-0.05, 0) is 39.7 Å². The summed E-state index contributed by atoms with van der Waals surface area (Å²) in [5, 5.41) is 3.87. The van der Waals surface area contributed by atoms with Crippen molar-refractivity contribution in [3.8, 4) is 0 Å². The SMILES string of the molecule is O=C(OCc1ccccn1)c1c2ccccc2cc2ccccc12. The zero-order valence-electron chi connectivity index (χ0n) is 13.0. The van der Waals surface area contributed by atoms with Gasteiger partial charge in [0.1, 0.15) is 6.61 Å². The fraction of sp³-hybridized carbons (Fsp3) is 0.0476. The van der Waals surface area contributed by atoms with Gasteiger partial charge in [-0.3, -0.25) is 4.98 Å². The molecule has 0 aliphatic heterocycles. The highest BCUT2D eigenvalue weighted by molar-refractivity contribution is 6.16. The maximum atomic E-state index is 12.8. The largest absolute Gasteiger partial charge is 0.456 e. The normalized spacial score (nSPS) is 10.8. The number of ether oxygens (including phenoxy) is 1. The minimum atomic E-state index is -0.325. The Balaban J connectivity index is 1.79. The van der Waals surface area contributed by atoms with Gasteiger partial charge in [0, 0.05) is 6.20 Å². The Kier molecular flexibility index (Phi) is 3.67. The quantitative estimate of drug-likeness (QED) is 0.405. The predicted molar refractivity (Wildman–Crippen MR) is 94.8 cm³/mol. The molecule has 1 aromatic heterocycles. The summed E-state index contributed by atoms with van der Waals surface area (Å²) in [4.78, 5) is 17.0. The summed E-state index contributed by atoms with van der Waals surface area (Å²) in [5.74, 6) is -0.325. The van der Waals surface area contributed by atoms with Crippen LogP contribution in [0, 0.1) is 0 Å². The first-order valence-electron chi connectivity index (χ1n) is 7.80. The molecule has 0 bridgehead atoms. The van der Waals surface area contributed by atoms with E-state index in [1.165, 1.54) is 0 Å². The Hall–Kier alpha value is -3.20. The molecular weight excluding hydrogens is 298 g/mol. The van der Waals surface area contributed by atoms with Crippen molar-refractivity contribution in [3.63, 3.8) is 0 Å². The highest BCUT2D eigenvalue weighted by Gasteiger charge is 2.16. The number of nitrogens with zero attached hydrogens (tertiary/aromatic N) is 1. The molecule has 0 N–H and O–H groups in total. The predicted octanol–water partition coefficient (Wildman–Crippen LogP) is 4.75. The van der Waals surface area contributed by atoms with E-state index in [9.17, 15) is 4.79 Å². The van der Waals surface area contributed by atoms with Crippen molar-refractivity contribution in [1.29, 1.82) is 0 Å². The molecule has 116 valence electrons. The molecule has 1 heterocycles. The van der Waals surface area contributed by atoms with Gasteiger partial charge in [-0.1, -0.05) is 54.6 Å². The monoisotopic (exact) mass is 313 g/mol. The molecule has 0 atom stereocenters. The summed E-state index contributed by atoms with van der Waals surface area (Å²) in [6.45, 7) is 0.164. The molecule has 3 heteroatoms. The zero-order valence-corrected chi connectivity index (χ0v) is 13.0. The van der Waals surface area contributed by atoms with E-state index in [-0.39, 0.29) is 12.6 Å². The number of hydrogen-bond donors (Lipinski definition) is 0. The number of pyridine rings is 1. The molecule has 0 radical (unpaired) electrons. The number of fused-ring (bicyclic) bond motifs is 2. The summed E-state index contributed by atoms with van der Waals surface area (Å²) in [6, 6.07) is 23.4. The van der Waals surface area contributed by atoms with Crippen LogP contribution in [-0.4, -0.2) is 11.0 Å². The molecule has 4 aromatic rings. The van der Waals surface area contributed by atoms with E-state index in [2.05, 4.69) is 11.1 Å². The van der Waals surface area contributed by atoms with Crippen molar-refractivity contribution in [1.82, 2.24) is 4.98 Å². The van der Waals surface area contributed by atoms with E-state index < -0.39 is 0 Å². The lowest BCUT2D eigenvalue weighted by Gasteiger charge is -2.11. The lowest BCUT2D eigenvalue weighted by molar-refractivity contribution is 0.0472. The van der Waals surface area contributed by atoms with E-state index >= 15 is 0 Å². The Bertz CT molecular complexity index is 972. The average molecular weight is 313 g/mol. The van der Waals surface area contributed by atoms with Gasteiger partial charge in [0.2, 0.25) is 0 Å². The van der Waals surface area contributed by atoms with Gasteiger partial charge >= 0.3 is 5.97 Å². The van der Waals surface area contributed by atoms with Crippen molar-refractivity contribution in [3.05, 3.63) is 90.3 Å². The Morgan fingerprint density at radius 3 is 2.08 bits per heavy atom.